The summed E-state index contributed by atoms with van der Waals surface area (Å²) in [6.07, 6.45) is 6.80. The monoisotopic (exact) mass is 212 g/mol. The topological polar surface area (TPSA) is 24.1 Å². The van der Waals surface area contributed by atoms with Gasteiger partial charge in [-0.2, -0.15) is 0 Å². The van der Waals surface area contributed by atoms with Crippen molar-refractivity contribution in [1.29, 1.82) is 0 Å². The number of piperidine rings is 1. The molecule has 1 atom stereocenters. The van der Waals surface area contributed by atoms with Crippen molar-refractivity contribution < 1.29 is 0 Å². The van der Waals surface area contributed by atoms with Crippen molar-refractivity contribution in [2.24, 2.45) is 0 Å². The Morgan fingerprint density at radius 1 is 0.750 bits per heavy atom. The summed E-state index contributed by atoms with van der Waals surface area (Å²) in [7, 11) is 0. The molecule has 2 saturated heterocycles. The third kappa shape index (κ3) is 2.49. The lowest BCUT2D eigenvalue weighted by atomic mass is 9.96. The van der Waals surface area contributed by atoms with Gasteiger partial charge < -0.3 is 0 Å². The maximum Gasteiger partial charge on any atom is 0.0687 e. The molecule has 0 aromatic carbocycles. The Balaban J connectivity index is 0.000000605. The van der Waals surface area contributed by atoms with Crippen molar-refractivity contribution >= 4 is 24.8 Å². The Hall–Kier alpha value is 0.500. The van der Waals surface area contributed by atoms with Crippen LogP contribution in [0.2, 0.25) is 0 Å². The van der Waals surface area contributed by atoms with Crippen LogP contribution in [0.3, 0.4) is 0 Å². The van der Waals surface area contributed by atoms with E-state index in [-0.39, 0.29) is 24.8 Å². The van der Waals surface area contributed by atoms with Gasteiger partial charge in [-0.15, -0.1) is 24.8 Å². The number of halogens is 2. The number of hydrogen-bond donors (Lipinski definition) is 2. The van der Waals surface area contributed by atoms with Crippen molar-refractivity contribution in [3.05, 3.63) is 0 Å². The van der Waals surface area contributed by atoms with Gasteiger partial charge in [0.05, 0.1) is 5.66 Å². The summed E-state index contributed by atoms with van der Waals surface area (Å²) in [6.45, 7) is 2.43. The van der Waals surface area contributed by atoms with E-state index in [2.05, 4.69) is 10.6 Å². The molecule has 2 fully saturated rings. The van der Waals surface area contributed by atoms with Crippen molar-refractivity contribution in [3.63, 3.8) is 0 Å². The van der Waals surface area contributed by atoms with Crippen LogP contribution in [-0.4, -0.2) is 18.8 Å². The molecule has 2 heterocycles. The SMILES string of the molecule is C1CCC2(CCCN2)NC1.Cl.Cl. The molecule has 0 amide bonds. The predicted octanol–water partition coefficient (Wildman–Crippen LogP) is 1.68. The third-order valence-corrected chi connectivity index (χ3v) is 2.74. The fraction of sp³-hybridized carbons (Fsp3) is 1.00. The summed E-state index contributed by atoms with van der Waals surface area (Å²) in [5, 5.41) is 7.14. The highest BCUT2D eigenvalue weighted by Gasteiger charge is 2.33. The molecule has 2 aliphatic rings. The molecular formula is C8H18Cl2N2. The molecule has 0 aromatic heterocycles. The number of nitrogens with one attached hydrogen (secondary N) is 2. The van der Waals surface area contributed by atoms with E-state index in [1.54, 1.807) is 0 Å². The molecule has 1 spiro atoms. The van der Waals surface area contributed by atoms with Crippen LogP contribution in [-0.2, 0) is 0 Å². The van der Waals surface area contributed by atoms with Gasteiger partial charge in [0.1, 0.15) is 0 Å². The standard InChI is InChI=1S/C8H16N2.2ClH/c1-2-6-9-8(4-1)5-3-7-10-8;;/h9-10H,1-7H2;2*1H. The second-order valence-electron chi connectivity index (χ2n) is 3.50. The molecule has 0 bridgehead atoms. The van der Waals surface area contributed by atoms with Crippen molar-refractivity contribution in [3.8, 4) is 0 Å². The molecule has 0 saturated carbocycles. The highest BCUT2D eigenvalue weighted by molar-refractivity contribution is 5.85. The van der Waals surface area contributed by atoms with E-state index in [9.17, 15) is 0 Å². The second kappa shape index (κ2) is 5.28. The lowest BCUT2D eigenvalue weighted by molar-refractivity contribution is 0.230. The second-order valence-corrected chi connectivity index (χ2v) is 3.50. The first kappa shape index (κ1) is 12.5. The van der Waals surface area contributed by atoms with E-state index < -0.39 is 0 Å². The molecule has 12 heavy (non-hydrogen) atoms. The molecule has 0 aliphatic carbocycles. The predicted molar refractivity (Wildman–Crippen MR) is 56.3 cm³/mol. The van der Waals surface area contributed by atoms with Crippen LogP contribution in [0.1, 0.15) is 32.1 Å². The summed E-state index contributed by atoms with van der Waals surface area (Å²) in [5.41, 5.74) is 0.373. The van der Waals surface area contributed by atoms with Gasteiger partial charge >= 0.3 is 0 Å². The first-order chi connectivity index (χ1) is 4.91. The molecule has 74 valence electrons. The molecule has 0 radical (unpaired) electrons. The minimum Gasteiger partial charge on any atom is -0.299 e. The first-order valence-corrected chi connectivity index (χ1v) is 4.41. The zero-order chi connectivity index (χ0) is 6.86. The van der Waals surface area contributed by atoms with E-state index in [1.807, 2.05) is 0 Å². The largest absolute Gasteiger partial charge is 0.299 e. The average Bonchev–Trinajstić information content (AvgIpc) is 2.39. The van der Waals surface area contributed by atoms with E-state index >= 15 is 0 Å². The Morgan fingerprint density at radius 3 is 1.83 bits per heavy atom. The van der Waals surface area contributed by atoms with Gasteiger partial charge in [-0.3, -0.25) is 10.6 Å². The summed E-state index contributed by atoms with van der Waals surface area (Å²) < 4.78 is 0. The minimum atomic E-state index is 0. The van der Waals surface area contributed by atoms with Gasteiger partial charge in [-0.1, -0.05) is 0 Å². The third-order valence-electron chi connectivity index (χ3n) is 2.74. The Morgan fingerprint density at radius 2 is 1.33 bits per heavy atom. The van der Waals surface area contributed by atoms with Gasteiger partial charge in [0.2, 0.25) is 0 Å². The van der Waals surface area contributed by atoms with Crippen LogP contribution in [0.5, 0.6) is 0 Å². The van der Waals surface area contributed by atoms with E-state index in [0.29, 0.717) is 5.66 Å². The van der Waals surface area contributed by atoms with Crippen molar-refractivity contribution in [2.45, 2.75) is 37.8 Å². The highest BCUT2D eigenvalue weighted by Crippen LogP contribution is 2.25. The van der Waals surface area contributed by atoms with Crippen molar-refractivity contribution in [1.82, 2.24) is 10.6 Å². The molecule has 2 nitrogen and oxygen atoms in total. The van der Waals surface area contributed by atoms with Gasteiger partial charge in [0.25, 0.3) is 0 Å². The maximum atomic E-state index is 3.58. The number of rotatable bonds is 0. The maximum absolute atomic E-state index is 3.58. The molecule has 2 N–H and O–H groups in total. The Bertz CT molecular complexity index is 116. The fourth-order valence-electron chi connectivity index (χ4n) is 2.14. The van der Waals surface area contributed by atoms with Crippen LogP contribution >= 0.6 is 24.8 Å². The van der Waals surface area contributed by atoms with Crippen LogP contribution in [0, 0.1) is 0 Å². The van der Waals surface area contributed by atoms with Crippen molar-refractivity contribution in [2.75, 3.05) is 13.1 Å². The smallest absolute Gasteiger partial charge is 0.0687 e. The minimum absolute atomic E-state index is 0. The molecule has 4 heteroatoms. The summed E-state index contributed by atoms with van der Waals surface area (Å²) in [5.74, 6) is 0. The fourth-order valence-corrected chi connectivity index (χ4v) is 2.14. The molecule has 2 aliphatic heterocycles. The molecule has 1 unspecified atom stereocenters. The normalized spacial score (nSPS) is 34.0. The lowest BCUT2D eigenvalue weighted by Crippen LogP contribution is -2.55. The van der Waals surface area contributed by atoms with Crippen LogP contribution < -0.4 is 10.6 Å². The first-order valence-electron chi connectivity index (χ1n) is 4.41. The van der Waals surface area contributed by atoms with Gasteiger partial charge in [-0.05, 0) is 45.2 Å². The Labute approximate surface area is 86.7 Å². The number of hydrogen-bond acceptors (Lipinski definition) is 2. The zero-order valence-corrected chi connectivity index (χ0v) is 8.90. The zero-order valence-electron chi connectivity index (χ0n) is 7.27. The summed E-state index contributed by atoms with van der Waals surface area (Å²) in [6, 6.07) is 0. The van der Waals surface area contributed by atoms with E-state index in [4.69, 9.17) is 0 Å². The van der Waals surface area contributed by atoms with E-state index in [0.717, 1.165) is 0 Å². The quantitative estimate of drug-likeness (QED) is 0.639. The molecule has 2 rings (SSSR count). The Kier molecular flexibility index (Phi) is 5.50. The van der Waals surface area contributed by atoms with Gasteiger partial charge in [-0.25, -0.2) is 0 Å². The van der Waals surface area contributed by atoms with Gasteiger partial charge in [0.15, 0.2) is 0 Å². The van der Waals surface area contributed by atoms with E-state index in [1.165, 1.54) is 45.2 Å². The molecule has 0 aromatic rings. The van der Waals surface area contributed by atoms with Gasteiger partial charge in [0, 0.05) is 0 Å². The highest BCUT2D eigenvalue weighted by atomic mass is 35.5. The van der Waals surface area contributed by atoms with Crippen LogP contribution in [0.4, 0.5) is 0 Å². The average molecular weight is 213 g/mol. The summed E-state index contributed by atoms with van der Waals surface area (Å²) >= 11 is 0. The molecular weight excluding hydrogens is 195 g/mol. The van der Waals surface area contributed by atoms with Crippen LogP contribution in [0.25, 0.3) is 0 Å². The lowest BCUT2D eigenvalue weighted by Gasteiger charge is -2.34. The summed E-state index contributed by atoms with van der Waals surface area (Å²) in [4.78, 5) is 0. The van der Waals surface area contributed by atoms with Crippen LogP contribution in [0.15, 0.2) is 0 Å².